The second-order valence-electron chi connectivity index (χ2n) is 6.16. The minimum absolute atomic E-state index is 0.489. The Kier molecular flexibility index (Phi) is 5.05. The van der Waals surface area contributed by atoms with Gasteiger partial charge >= 0.3 is 0 Å². The van der Waals surface area contributed by atoms with Crippen LogP contribution in [0.3, 0.4) is 0 Å². The zero-order valence-electron chi connectivity index (χ0n) is 12.6. The first-order chi connectivity index (χ1) is 8.70. The van der Waals surface area contributed by atoms with Gasteiger partial charge in [-0.2, -0.15) is 0 Å². The van der Waals surface area contributed by atoms with Gasteiger partial charge in [0.25, 0.3) is 0 Å². The molecule has 1 saturated carbocycles. The topological polar surface area (TPSA) is 9.72 Å². The van der Waals surface area contributed by atoms with Crippen LogP contribution in [0.25, 0.3) is 0 Å². The Balaban J connectivity index is 1.90. The van der Waals surface area contributed by atoms with Gasteiger partial charge in [0, 0.05) is 38.3 Å². The smallest absolute Gasteiger partial charge is 0.0333 e. The first-order valence-electron chi connectivity index (χ1n) is 7.86. The standard InChI is InChI=1S/C15H31N3/c1-4-16(3)15(8-6-7-9-15)14-18-12-10-17(5-2)11-13-18/h4-14H2,1-3H3. The average molecular weight is 253 g/mol. The third kappa shape index (κ3) is 3.06. The van der Waals surface area contributed by atoms with Gasteiger partial charge in [0.15, 0.2) is 0 Å². The highest BCUT2D eigenvalue weighted by Crippen LogP contribution is 2.35. The number of hydrogen-bond acceptors (Lipinski definition) is 3. The van der Waals surface area contributed by atoms with Crippen molar-refractivity contribution in [2.45, 2.75) is 45.1 Å². The van der Waals surface area contributed by atoms with Crippen LogP contribution < -0.4 is 0 Å². The molecule has 1 saturated heterocycles. The average Bonchev–Trinajstić information content (AvgIpc) is 2.88. The maximum absolute atomic E-state index is 2.71. The molecule has 0 aromatic carbocycles. The molecule has 0 bridgehead atoms. The van der Waals surface area contributed by atoms with Gasteiger partial charge in [-0.25, -0.2) is 0 Å². The molecule has 0 unspecified atom stereocenters. The zero-order valence-corrected chi connectivity index (χ0v) is 12.6. The molecule has 2 rings (SSSR count). The van der Waals surface area contributed by atoms with Gasteiger partial charge in [0.1, 0.15) is 0 Å². The molecule has 3 heteroatoms. The van der Waals surface area contributed by atoms with Crippen molar-refractivity contribution >= 4 is 0 Å². The number of hydrogen-bond donors (Lipinski definition) is 0. The van der Waals surface area contributed by atoms with E-state index < -0.39 is 0 Å². The SMILES string of the molecule is CCN1CCN(CC2(N(C)CC)CCCC2)CC1. The number of rotatable bonds is 5. The number of nitrogens with zero attached hydrogens (tertiary/aromatic N) is 3. The highest BCUT2D eigenvalue weighted by Gasteiger charge is 2.38. The predicted octanol–water partition coefficient (Wildman–Crippen LogP) is 1.89. The second kappa shape index (κ2) is 6.36. The van der Waals surface area contributed by atoms with E-state index >= 15 is 0 Å². The van der Waals surface area contributed by atoms with Gasteiger partial charge in [-0.05, 0) is 33.0 Å². The summed E-state index contributed by atoms with van der Waals surface area (Å²) in [4.78, 5) is 7.90. The molecule has 106 valence electrons. The highest BCUT2D eigenvalue weighted by molar-refractivity contribution is 4.96. The minimum atomic E-state index is 0.489. The van der Waals surface area contributed by atoms with Crippen LogP contribution in [0.1, 0.15) is 39.5 Å². The van der Waals surface area contributed by atoms with Crippen LogP contribution in [-0.2, 0) is 0 Å². The molecule has 1 aliphatic carbocycles. The fourth-order valence-electron chi connectivity index (χ4n) is 3.71. The number of likely N-dealkylation sites (N-methyl/N-ethyl adjacent to an activating group) is 2. The summed E-state index contributed by atoms with van der Waals surface area (Å²) in [5.41, 5.74) is 0.489. The Morgan fingerprint density at radius 1 is 0.944 bits per heavy atom. The van der Waals surface area contributed by atoms with E-state index in [1.165, 1.54) is 71.5 Å². The van der Waals surface area contributed by atoms with Gasteiger partial charge < -0.3 is 4.90 Å². The van der Waals surface area contributed by atoms with Crippen LogP contribution in [0.2, 0.25) is 0 Å². The summed E-state index contributed by atoms with van der Waals surface area (Å²) in [6, 6.07) is 0. The monoisotopic (exact) mass is 253 g/mol. The van der Waals surface area contributed by atoms with Crippen LogP contribution in [0.15, 0.2) is 0 Å². The summed E-state index contributed by atoms with van der Waals surface area (Å²) in [6.07, 6.45) is 5.68. The van der Waals surface area contributed by atoms with Crippen LogP contribution in [0.5, 0.6) is 0 Å². The molecule has 2 aliphatic rings. The molecule has 3 nitrogen and oxygen atoms in total. The summed E-state index contributed by atoms with van der Waals surface area (Å²) >= 11 is 0. The second-order valence-corrected chi connectivity index (χ2v) is 6.16. The summed E-state index contributed by atoms with van der Waals surface area (Å²) < 4.78 is 0. The Labute approximate surface area is 113 Å². The van der Waals surface area contributed by atoms with Crippen molar-refractivity contribution in [1.82, 2.24) is 14.7 Å². The quantitative estimate of drug-likeness (QED) is 0.741. The van der Waals surface area contributed by atoms with Crippen molar-refractivity contribution in [2.75, 3.05) is 52.9 Å². The van der Waals surface area contributed by atoms with Gasteiger partial charge in [-0.15, -0.1) is 0 Å². The summed E-state index contributed by atoms with van der Waals surface area (Å²) in [6.45, 7) is 13.4. The van der Waals surface area contributed by atoms with Crippen molar-refractivity contribution in [3.63, 3.8) is 0 Å². The van der Waals surface area contributed by atoms with Gasteiger partial charge in [-0.3, -0.25) is 9.80 Å². The van der Waals surface area contributed by atoms with E-state index in [2.05, 4.69) is 35.6 Å². The zero-order chi connectivity index (χ0) is 13.0. The van der Waals surface area contributed by atoms with E-state index in [0.29, 0.717) is 5.54 Å². The lowest BCUT2D eigenvalue weighted by atomic mass is 9.94. The van der Waals surface area contributed by atoms with E-state index in [4.69, 9.17) is 0 Å². The Bertz CT molecular complexity index is 240. The lowest BCUT2D eigenvalue weighted by molar-refractivity contribution is 0.0494. The molecule has 2 fully saturated rings. The molecule has 0 atom stereocenters. The molecule has 0 amide bonds. The molecule has 0 aromatic rings. The minimum Gasteiger partial charge on any atom is -0.301 e. The van der Waals surface area contributed by atoms with Gasteiger partial charge in [-0.1, -0.05) is 26.7 Å². The molecule has 18 heavy (non-hydrogen) atoms. The Hall–Kier alpha value is -0.120. The number of piperazine rings is 1. The summed E-state index contributed by atoms with van der Waals surface area (Å²) in [7, 11) is 2.33. The van der Waals surface area contributed by atoms with E-state index in [-0.39, 0.29) is 0 Å². The van der Waals surface area contributed by atoms with Crippen molar-refractivity contribution in [3.8, 4) is 0 Å². The fraction of sp³-hybridized carbons (Fsp3) is 1.00. The third-order valence-corrected chi connectivity index (χ3v) is 5.25. The molecule has 0 spiro atoms. The van der Waals surface area contributed by atoms with Crippen LogP contribution in [-0.4, -0.2) is 73.1 Å². The maximum Gasteiger partial charge on any atom is 0.0333 e. The summed E-state index contributed by atoms with van der Waals surface area (Å²) in [5.74, 6) is 0. The van der Waals surface area contributed by atoms with Gasteiger partial charge in [0.05, 0.1) is 0 Å². The fourth-order valence-corrected chi connectivity index (χ4v) is 3.71. The molecule has 0 N–H and O–H groups in total. The molecule has 1 aliphatic heterocycles. The lowest BCUT2D eigenvalue weighted by Crippen LogP contribution is -2.56. The van der Waals surface area contributed by atoms with E-state index in [1.807, 2.05) is 0 Å². The van der Waals surface area contributed by atoms with Crippen molar-refractivity contribution in [1.29, 1.82) is 0 Å². The molecule has 0 aromatic heterocycles. The van der Waals surface area contributed by atoms with Crippen molar-refractivity contribution < 1.29 is 0 Å². The largest absolute Gasteiger partial charge is 0.301 e. The van der Waals surface area contributed by atoms with E-state index in [9.17, 15) is 0 Å². The highest BCUT2D eigenvalue weighted by atomic mass is 15.3. The summed E-state index contributed by atoms with van der Waals surface area (Å²) in [5, 5.41) is 0. The first kappa shape index (κ1) is 14.3. The van der Waals surface area contributed by atoms with Crippen LogP contribution in [0.4, 0.5) is 0 Å². The maximum atomic E-state index is 2.71. The van der Waals surface area contributed by atoms with E-state index in [0.717, 1.165) is 0 Å². The van der Waals surface area contributed by atoms with E-state index in [1.54, 1.807) is 0 Å². The van der Waals surface area contributed by atoms with Crippen LogP contribution in [0, 0.1) is 0 Å². The Morgan fingerprint density at radius 2 is 1.50 bits per heavy atom. The molecular formula is C15H31N3. The lowest BCUT2D eigenvalue weighted by Gasteiger charge is -2.44. The van der Waals surface area contributed by atoms with Crippen molar-refractivity contribution in [2.24, 2.45) is 0 Å². The molecule has 1 heterocycles. The first-order valence-corrected chi connectivity index (χ1v) is 7.86. The Morgan fingerprint density at radius 3 is 2.00 bits per heavy atom. The van der Waals surface area contributed by atoms with Crippen LogP contribution >= 0.6 is 0 Å². The molecule has 0 radical (unpaired) electrons. The normalized spacial score (nSPS) is 26.0. The third-order valence-electron chi connectivity index (χ3n) is 5.25. The molecular weight excluding hydrogens is 222 g/mol. The van der Waals surface area contributed by atoms with Crippen molar-refractivity contribution in [3.05, 3.63) is 0 Å². The predicted molar refractivity (Wildman–Crippen MR) is 78.1 cm³/mol. The van der Waals surface area contributed by atoms with Gasteiger partial charge in [0.2, 0.25) is 0 Å².